The Hall–Kier alpha value is -2.47. The highest BCUT2D eigenvalue weighted by Gasteiger charge is 2.49. The van der Waals surface area contributed by atoms with E-state index in [0.29, 0.717) is 6.61 Å². The van der Waals surface area contributed by atoms with Gasteiger partial charge in [-0.05, 0) is 39.9 Å². The first kappa shape index (κ1) is 23.7. The molecule has 4 rings (SSSR count). The van der Waals surface area contributed by atoms with Crippen molar-refractivity contribution in [2.75, 3.05) is 6.61 Å². The molecular formula is C28H30BrNO2Si. The number of pyridine rings is 1. The highest BCUT2D eigenvalue weighted by molar-refractivity contribution is 9.08. The van der Waals surface area contributed by atoms with Gasteiger partial charge in [0.1, 0.15) is 0 Å². The van der Waals surface area contributed by atoms with Crippen LogP contribution in [0.15, 0.2) is 95.8 Å². The summed E-state index contributed by atoms with van der Waals surface area (Å²) >= 11 is 3.38. The molecular weight excluding hydrogens is 490 g/mol. The molecule has 0 bridgehead atoms. The van der Waals surface area contributed by atoms with Crippen molar-refractivity contribution in [3.63, 3.8) is 0 Å². The molecule has 0 saturated carbocycles. The van der Waals surface area contributed by atoms with E-state index in [9.17, 15) is 4.79 Å². The fourth-order valence-electron chi connectivity index (χ4n) is 4.77. The van der Waals surface area contributed by atoms with Crippen molar-refractivity contribution < 1.29 is 4.43 Å². The summed E-state index contributed by atoms with van der Waals surface area (Å²) in [5.74, 6) is 0. The standard InChI is InChI=1S/C28H30BrNO2Si/c1-28(2,3)33(23-14-6-4-7-15-23,24-16-8-5-9-17-24)32-20-12-13-22-21-27(31)30(29)26-19-11-10-18-25(22)26/h4-11,14-19,21H,12-13,20H2,1-3H3. The average molecular weight is 521 g/mol. The molecule has 0 aliphatic carbocycles. The van der Waals surface area contributed by atoms with Gasteiger partial charge in [-0.25, -0.2) is 3.59 Å². The Kier molecular flexibility index (Phi) is 7.03. The lowest BCUT2D eigenvalue weighted by atomic mass is 10.1. The number of nitrogens with zero attached hydrogens (tertiary/aromatic N) is 1. The van der Waals surface area contributed by atoms with Crippen molar-refractivity contribution >= 4 is 45.7 Å². The van der Waals surface area contributed by atoms with Crippen LogP contribution in [0, 0.1) is 0 Å². The van der Waals surface area contributed by atoms with Gasteiger partial charge in [0, 0.05) is 18.1 Å². The Morgan fingerprint density at radius 1 is 0.848 bits per heavy atom. The van der Waals surface area contributed by atoms with Crippen LogP contribution in [0.3, 0.4) is 0 Å². The van der Waals surface area contributed by atoms with E-state index in [2.05, 4.69) is 104 Å². The summed E-state index contributed by atoms with van der Waals surface area (Å²) in [6.45, 7) is 7.52. The molecule has 0 unspecified atom stereocenters. The minimum absolute atomic E-state index is 0.0428. The van der Waals surface area contributed by atoms with Crippen LogP contribution in [-0.4, -0.2) is 18.5 Å². The van der Waals surface area contributed by atoms with Crippen LogP contribution in [0.5, 0.6) is 0 Å². The molecule has 4 aromatic rings. The maximum absolute atomic E-state index is 12.4. The van der Waals surface area contributed by atoms with Crippen LogP contribution in [0.25, 0.3) is 10.9 Å². The van der Waals surface area contributed by atoms with Crippen LogP contribution in [0.2, 0.25) is 5.04 Å². The number of rotatable bonds is 7. The van der Waals surface area contributed by atoms with Gasteiger partial charge in [-0.2, -0.15) is 0 Å². The molecule has 0 spiro atoms. The van der Waals surface area contributed by atoms with E-state index >= 15 is 0 Å². The Bertz CT molecular complexity index is 1240. The van der Waals surface area contributed by atoms with Gasteiger partial charge < -0.3 is 4.43 Å². The topological polar surface area (TPSA) is 31.2 Å². The number of aromatic nitrogens is 1. The average Bonchev–Trinajstić information content (AvgIpc) is 2.82. The third-order valence-electron chi connectivity index (χ3n) is 6.28. The van der Waals surface area contributed by atoms with E-state index in [1.807, 2.05) is 18.2 Å². The summed E-state index contributed by atoms with van der Waals surface area (Å²) in [6.07, 6.45) is 1.64. The van der Waals surface area contributed by atoms with Crippen LogP contribution >= 0.6 is 16.1 Å². The number of hydrogen-bond donors (Lipinski definition) is 0. The van der Waals surface area contributed by atoms with Crippen molar-refractivity contribution in [2.45, 2.75) is 38.7 Å². The Morgan fingerprint density at radius 2 is 1.39 bits per heavy atom. The number of aryl methyl sites for hydroxylation is 1. The zero-order valence-electron chi connectivity index (χ0n) is 19.4. The summed E-state index contributed by atoms with van der Waals surface area (Å²) in [5.41, 5.74) is 1.92. The first-order valence-corrected chi connectivity index (χ1v) is 14.0. The molecule has 170 valence electrons. The van der Waals surface area contributed by atoms with E-state index in [4.69, 9.17) is 4.43 Å². The van der Waals surface area contributed by atoms with Gasteiger partial charge in [0.05, 0.1) is 21.7 Å². The summed E-state index contributed by atoms with van der Waals surface area (Å²) in [7, 11) is -2.53. The molecule has 3 aromatic carbocycles. The number of hydrogen-bond acceptors (Lipinski definition) is 2. The molecule has 0 amide bonds. The molecule has 1 aromatic heterocycles. The van der Waals surface area contributed by atoms with Crippen molar-refractivity contribution in [3.05, 3.63) is 107 Å². The van der Waals surface area contributed by atoms with E-state index < -0.39 is 8.32 Å². The lowest BCUT2D eigenvalue weighted by Gasteiger charge is -2.43. The summed E-state index contributed by atoms with van der Waals surface area (Å²) in [4.78, 5) is 12.4. The molecule has 0 saturated heterocycles. The van der Waals surface area contributed by atoms with Crippen molar-refractivity contribution in [1.29, 1.82) is 0 Å². The highest BCUT2D eigenvalue weighted by Crippen LogP contribution is 2.36. The maximum Gasteiger partial charge on any atom is 0.261 e. The van der Waals surface area contributed by atoms with E-state index in [-0.39, 0.29) is 10.6 Å². The third kappa shape index (κ3) is 4.63. The van der Waals surface area contributed by atoms with Gasteiger partial charge >= 0.3 is 0 Å². The van der Waals surface area contributed by atoms with Crippen molar-refractivity contribution in [1.82, 2.24) is 3.59 Å². The van der Waals surface area contributed by atoms with Gasteiger partial charge in [-0.1, -0.05) is 99.6 Å². The first-order valence-electron chi connectivity index (χ1n) is 11.4. The molecule has 33 heavy (non-hydrogen) atoms. The van der Waals surface area contributed by atoms with Crippen LogP contribution < -0.4 is 15.9 Å². The zero-order chi connectivity index (χ0) is 23.5. The van der Waals surface area contributed by atoms with Crippen LogP contribution in [0.4, 0.5) is 0 Å². The number of para-hydroxylation sites is 1. The van der Waals surface area contributed by atoms with E-state index in [0.717, 1.165) is 29.3 Å². The maximum atomic E-state index is 12.4. The van der Waals surface area contributed by atoms with Gasteiger partial charge in [-0.15, -0.1) is 0 Å². The van der Waals surface area contributed by atoms with E-state index in [1.54, 1.807) is 6.07 Å². The molecule has 1 heterocycles. The van der Waals surface area contributed by atoms with Gasteiger partial charge in [0.2, 0.25) is 0 Å². The summed E-state index contributed by atoms with van der Waals surface area (Å²) in [6, 6.07) is 31.2. The highest BCUT2D eigenvalue weighted by atomic mass is 79.9. The smallest absolute Gasteiger partial charge is 0.261 e. The second-order valence-corrected chi connectivity index (χ2v) is 14.4. The van der Waals surface area contributed by atoms with E-state index in [1.165, 1.54) is 14.0 Å². The minimum atomic E-state index is -2.53. The van der Waals surface area contributed by atoms with Gasteiger partial charge in [0.25, 0.3) is 13.9 Å². The zero-order valence-corrected chi connectivity index (χ0v) is 22.0. The fraction of sp³-hybridized carbons (Fsp3) is 0.250. The van der Waals surface area contributed by atoms with Gasteiger partial charge in [-0.3, -0.25) is 4.79 Å². The molecule has 0 N–H and O–H groups in total. The summed E-state index contributed by atoms with van der Waals surface area (Å²) in [5, 5.41) is 3.63. The van der Waals surface area contributed by atoms with Crippen molar-refractivity contribution in [2.24, 2.45) is 0 Å². The SMILES string of the molecule is CC(C)(C)[Si](OCCCc1cc(=O)n(Br)c2ccccc12)(c1ccccc1)c1ccccc1. The molecule has 0 aliphatic rings. The predicted octanol–water partition coefficient (Wildman–Crippen LogP) is 5.67. The van der Waals surface area contributed by atoms with Crippen LogP contribution in [-0.2, 0) is 10.8 Å². The Morgan fingerprint density at radius 3 is 1.97 bits per heavy atom. The molecule has 0 radical (unpaired) electrons. The monoisotopic (exact) mass is 519 g/mol. The Labute approximate surface area is 205 Å². The number of halogens is 1. The summed E-state index contributed by atoms with van der Waals surface area (Å²) < 4.78 is 8.53. The minimum Gasteiger partial charge on any atom is -0.407 e. The second kappa shape index (κ2) is 9.80. The number of benzene rings is 3. The number of fused-ring (bicyclic) bond motifs is 1. The normalized spacial score (nSPS) is 12.2. The van der Waals surface area contributed by atoms with Crippen LogP contribution in [0.1, 0.15) is 32.8 Å². The molecule has 0 aliphatic heterocycles. The largest absolute Gasteiger partial charge is 0.407 e. The quantitative estimate of drug-likeness (QED) is 0.232. The second-order valence-electron chi connectivity index (χ2n) is 9.42. The van der Waals surface area contributed by atoms with Gasteiger partial charge in [0.15, 0.2) is 0 Å². The third-order valence-corrected chi connectivity index (χ3v) is 12.1. The molecule has 0 fully saturated rings. The lowest BCUT2D eigenvalue weighted by molar-refractivity contribution is 0.292. The van der Waals surface area contributed by atoms with Crippen molar-refractivity contribution in [3.8, 4) is 0 Å². The first-order chi connectivity index (χ1) is 15.8. The predicted molar refractivity (Wildman–Crippen MR) is 144 cm³/mol. The molecule has 3 nitrogen and oxygen atoms in total. The molecule has 0 atom stereocenters. The Balaban J connectivity index is 1.64. The lowest BCUT2D eigenvalue weighted by Crippen LogP contribution is -2.66. The molecule has 5 heteroatoms. The fourth-order valence-corrected chi connectivity index (χ4v) is 9.79.